The van der Waals surface area contributed by atoms with E-state index in [0.29, 0.717) is 62.3 Å². The van der Waals surface area contributed by atoms with Crippen molar-refractivity contribution in [3.8, 4) is 0 Å². The zero-order valence-corrected chi connectivity index (χ0v) is 30.0. The van der Waals surface area contributed by atoms with E-state index >= 15 is 0 Å². The number of benzene rings is 2. The molecule has 1 aliphatic rings. The Balaban J connectivity index is 1.05. The molecular weight excluding hydrogens is 728 g/mol. The topological polar surface area (TPSA) is 115 Å². The number of carbonyl (C=O) groups excluding carboxylic acids is 2. The number of halogens is 6. The monoisotopic (exact) mass is 771 g/mol. The van der Waals surface area contributed by atoms with E-state index < -0.39 is 46.8 Å². The van der Waals surface area contributed by atoms with Crippen molar-refractivity contribution in [2.24, 2.45) is 0 Å². The van der Waals surface area contributed by atoms with Crippen molar-refractivity contribution in [1.82, 2.24) is 14.9 Å². The molecule has 0 saturated carbocycles. The number of ether oxygens (including phenoxy) is 2. The van der Waals surface area contributed by atoms with Gasteiger partial charge in [0, 0.05) is 50.6 Å². The summed E-state index contributed by atoms with van der Waals surface area (Å²) in [6.45, 7) is 1.43. The summed E-state index contributed by atoms with van der Waals surface area (Å²) < 4.78 is 90.0. The fraction of sp³-hybridized carbons (Fsp3) is 0.500. The van der Waals surface area contributed by atoms with Crippen LogP contribution in [0.2, 0.25) is 0 Å². The van der Waals surface area contributed by atoms with Crippen LogP contribution in [0.15, 0.2) is 65.6 Å². The quantitative estimate of drug-likeness (QED) is 0.0732. The van der Waals surface area contributed by atoms with Crippen LogP contribution < -0.4 is 21.2 Å². The maximum atomic E-state index is 13.0. The van der Waals surface area contributed by atoms with Crippen LogP contribution in [0.1, 0.15) is 74.3 Å². The third-order valence-corrected chi connectivity index (χ3v) is 9.45. The summed E-state index contributed by atoms with van der Waals surface area (Å²) >= 11 is 1.38. The highest BCUT2D eigenvalue weighted by Gasteiger charge is 2.32. The summed E-state index contributed by atoms with van der Waals surface area (Å²) in [5, 5.41) is 5.72. The molecule has 2 unspecified atom stereocenters. The molecule has 2 N–H and O–H groups in total. The number of hydrogen-bond acceptors (Lipinski definition) is 9. The number of amides is 1. The number of nitrogens with zero attached hydrogens (tertiary/aromatic N) is 3. The molecule has 0 radical (unpaired) electrons. The van der Waals surface area contributed by atoms with Gasteiger partial charge in [-0.05, 0) is 68.1 Å². The van der Waals surface area contributed by atoms with E-state index in [-0.39, 0.29) is 31.2 Å². The van der Waals surface area contributed by atoms with E-state index in [0.717, 1.165) is 37.1 Å². The van der Waals surface area contributed by atoms with Crippen LogP contribution in [0.5, 0.6) is 0 Å². The number of rotatable bonds is 19. The van der Waals surface area contributed by atoms with Gasteiger partial charge >= 0.3 is 24.0 Å². The maximum Gasteiger partial charge on any atom is 0.416 e. The van der Waals surface area contributed by atoms with E-state index in [1.54, 1.807) is 24.1 Å². The van der Waals surface area contributed by atoms with Crippen LogP contribution in [0.3, 0.4) is 0 Å². The number of aromatic nitrogens is 2. The highest BCUT2D eigenvalue weighted by molar-refractivity contribution is 8.00. The first-order valence-electron chi connectivity index (χ1n) is 17.3. The van der Waals surface area contributed by atoms with Gasteiger partial charge in [-0.1, -0.05) is 37.1 Å². The van der Waals surface area contributed by atoms with Gasteiger partial charge in [-0.25, -0.2) is 4.79 Å². The Labute approximate surface area is 307 Å². The van der Waals surface area contributed by atoms with Crippen molar-refractivity contribution in [2.75, 3.05) is 42.7 Å². The minimum absolute atomic E-state index is 0.000489. The molecule has 1 fully saturated rings. The second-order valence-electron chi connectivity index (χ2n) is 12.6. The lowest BCUT2D eigenvalue weighted by molar-refractivity contribution is -0.147. The predicted molar refractivity (Wildman–Crippen MR) is 189 cm³/mol. The minimum Gasteiger partial charge on any atom is -0.462 e. The van der Waals surface area contributed by atoms with Crippen molar-refractivity contribution >= 4 is 35.1 Å². The van der Waals surface area contributed by atoms with Crippen molar-refractivity contribution in [3.05, 3.63) is 88.0 Å². The number of thioether (sulfide) groups is 1. The fourth-order valence-electron chi connectivity index (χ4n) is 5.46. The molecular formula is C36H43F6N5O5S. The molecule has 2 atom stereocenters. The zero-order chi connectivity index (χ0) is 38.4. The molecule has 2 heterocycles. The van der Waals surface area contributed by atoms with Gasteiger partial charge in [0.2, 0.25) is 5.91 Å². The SMILES string of the molecule is CN(CCCCCC(=O)OCC1OC(n2ccc(NC(=O)CCCCCNCc3cccc(C(F)(F)F)c3)nc2=O)CS1)c1cccc(C(F)(F)F)c1. The summed E-state index contributed by atoms with van der Waals surface area (Å²) in [7, 11) is 1.72. The molecule has 290 valence electrons. The second kappa shape index (κ2) is 19.8. The molecule has 1 amide bonds. The van der Waals surface area contributed by atoms with E-state index in [1.165, 1.54) is 40.7 Å². The van der Waals surface area contributed by atoms with Crippen LogP contribution in [0.25, 0.3) is 0 Å². The summed E-state index contributed by atoms with van der Waals surface area (Å²) in [5.41, 5.74) is -1.47. The summed E-state index contributed by atoms with van der Waals surface area (Å²) in [5.74, 6) is -0.168. The van der Waals surface area contributed by atoms with Crippen molar-refractivity contribution in [2.45, 2.75) is 81.9 Å². The molecule has 1 aromatic heterocycles. The Hall–Kier alpha value is -4.09. The highest BCUT2D eigenvalue weighted by Crippen LogP contribution is 2.33. The number of unbranched alkanes of at least 4 members (excludes halogenated alkanes) is 4. The Morgan fingerprint density at radius 3 is 2.38 bits per heavy atom. The molecule has 4 rings (SSSR count). The lowest BCUT2D eigenvalue weighted by Crippen LogP contribution is -2.29. The fourth-order valence-corrected chi connectivity index (χ4v) is 6.45. The Kier molecular flexibility index (Phi) is 15.6. The first-order valence-corrected chi connectivity index (χ1v) is 18.3. The summed E-state index contributed by atoms with van der Waals surface area (Å²) in [4.78, 5) is 43.0. The average Bonchev–Trinajstić information content (AvgIpc) is 3.58. The normalized spacial score (nSPS) is 16.1. The molecule has 0 bridgehead atoms. The lowest BCUT2D eigenvalue weighted by Gasteiger charge is -2.20. The van der Waals surface area contributed by atoms with Gasteiger partial charge in [-0.3, -0.25) is 14.2 Å². The lowest BCUT2D eigenvalue weighted by atomic mass is 10.1. The first kappa shape index (κ1) is 41.7. The third-order valence-electron chi connectivity index (χ3n) is 8.35. The molecule has 1 saturated heterocycles. The minimum atomic E-state index is -4.40. The number of anilines is 2. The maximum absolute atomic E-state index is 13.0. The number of nitrogens with one attached hydrogen (secondary N) is 2. The van der Waals surface area contributed by atoms with Crippen molar-refractivity contribution in [3.63, 3.8) is 0 Å². The molecule has 10 nitrogen and oxygen atoms in total. The van der Waals surface area contributed by atoms with E-state index in [4.69, 9.17) is 9.47 Å². The molecule has 17 heteroatoms. The van der Waals surface area contributed by atoms with Crippen molar-refractivity contribution in [1.29, 1.82) is 0 Å². The van der Waals surface area contributed by atoms with Gasteiger partial charge in [0.1, 0.15) is 24.1 Å². The van der Waals surface area contributed by atoms with Gasteiger partial charge < -0.3 is 25.0 Å². The summed E-state index contributed by atoms with van der Waals surface area (Å²) in [6, 6.07) is 11.8. The molecule has 0 spiro atoms. The number of carbonyl (C=O) groups is 2. The molecule has 1 aliphatic heterocycles. The number of esters is 1. The number of alkyl halides is 6. The van der Waals surface area contributed by atoms with Gasteiger partial charge in [0.15, 0.2) is 0 Å². The van der Waals surface area contributed by atoms with E-state index in [2.05, 4.69) is 15.6 Å². The predicted octanol–water partition coefficient (Wildman–Crippen LogP) is 7.40. The standard InChI is InChI=1S/C36H43F6N5O5S/c1-46(28-13-9-12-27(21-28)36(40,41)42)18-7-3-5-15-32(49)51-23-33-52-31(24-53-33)47-19-16-29(45-34(47)50)44-30(48)14-4-2-6-17-43-22-25-10-8-11-26(20-25)35(37,38)39/h8-13,16,19-21,31,33,43H,2-7,14-15,17-18,22-24H2,1H3,(H,44,45,48,50). The van der Waals surface area contributed by atoms with Gasteiger partial charge in [-0.15, -0.1) is 11.8 Å². The summed E-state index contributed by atoms with van der Waals surface area (Å²) in [6.07, 6.45) is -3.57. The van der Waals surface area contributed by atoms with Crippen molar-refractivity contribution < 1.29 is 45.4 Å². The molecule has 0 aliphatic carbocycles. The van der Waals surface area contributed by atoms with Crippen LogP contribution >= 0.6 is 11.8 Å². The van der Waals surface area contributed by atoms with Gasteiger partial charge in [0.05, 0.1) is 11.1 Å². The highest BCUT2D eigenvalue weighted by atomic mass is 32.2. The van der Waals surface area contributed by atoms with Gasteiger partial charge in [-0.2, -0.15) is 31.3 Å². The van der Waals surface area contributed by atoms with E-state index in [1.807, 2.05) is 0 Å². The Bertz CT molecular complexity index is 1710. The van der Waals surface area contributed by atoms with Crippen LogP contribution in [-0.4, -0.2) is 59.4 Å². The molecule has 53 heavy (non-hydrogen) atoms. The van der Waals surface area contributed by atoms with Crippen LogP contribution in [0, 0.1) is 0 Å². The first-order chi connectivity index (χ1) is 25.2. The Morgan fingerprint density at radius 2 is 1.64 bits per heavy atom. The molecule has 3 aromatic rings. The Morgan fingerprint density at radius 1 is 0.943 bits per heavy atom. The average molecular weight is 772 g/mol. The van der Waals surface area contributed by atoms with Gasteiger partial charge in [0.25, 0.3) is 0 Å². The molecule has 2 aromatic carbocycles. The van der Waals surface area contributed by atoms with Crippen LogP contribution in [-0.2, 0) is 38.0 Å². The van der Waals surface area contributed by atoms with E-state index in [9.17, 15) is 40.7 Å². The smallest absolute Gasteiger partial charge is 0.416 e. The number of hydrogen-bond donors (Lipinski definition) is 2. The second-order valence-corrected chi connectivity index (χ2v) is 13.7. The largest absolute Gasteiger partial charge is 0.462 e. The van der Waals surface area contributed by atoms with Crippen LogP contribution in [0.4, 0.5) is 37.8 Å². The third kappa shape index (κ3) is 14.0. The zero-order valence-electron chi connectivity index (χ0n) is 29.2.